The fourth-order valence-corrected chi connectivity index (χ4v) is 5.25. The number of anilines is 2. The van der Waals surface area contributed by atoms with Crippen molar-refractivity contribution in [3.8, 4) is 0 Å². The summed E-state index contributed by atoms with van der Waals surface area (Å²) in [5.74, 6) is 2.38. The second kappa shape index (κ2) is 12.3. The first-order valence-electron chi connectivity index (χ1n) is 12.9. The molecular formula is C26H38N6O3. The number of nitro groups is 1. The average Bonchev–Trinajstić information content (AvgIpc) is 2.91. The Morgan fingerprint density at radius 3 is 2.51 bits per heavy atom. The van der Waals surface area contributed by atoms with E-state index in [9.17, 15) is 15.2 Å². The molecule has 9 heteroatoms. The van der Waals surface area contributed by atoms with Gasteiger partial charge in [-0.05, 0) is 86.9 Å². The van der Waals surface area contributed by atoms with Crippen molar-refractivity contribution < 1.29 is 10.0 Å². The number of piperidine rings is 1. The van der Waals surface area contributed by atoms with Gasteiger partial charge in [0.1, 0.15) is 12.0 Å². The molecule has 4 N–H and O–H groups in total. The molecule has 0 spiro atoms. The number of nitrogens with one attached hydrogen (secondary N) is 1. The van der Waals surface area contributed by atoms with E-state index in [1.165, 1.54) is 17.4 Å². The standard InChI is InChI=1S/C26H38N6O3/c27-15-20-10-12-31(13-11-20)23-3-1-2-19(14-23)8-9-25-28-17-24(32(34)35)26(30-25)29-16-21-4-6-22(18-33)7-5-21/h1-3,14,17,20-22,33H,4-13,15-16,18,27H2,(H,28,29,30)/t21-,22-. The van der Waals surface area contributed by atoms with Gasteiger partial charge in [0.2, 0.25) is 5.82 Å². The van der Waals surface area contributed by atoms with E-state index >= 15 is 0 Å². The predicted molar refractivity (Wildman–Crippen MR) is 138 cm³/mol. The number of nitrogens with two attached hydrogens (primary N) is 1. The fourth-order valence-electron chi connectivity index (χ4n) is 5.25. The Hall–Kier alpha value is -2.78. The minimum atomic E-state index is -0.425. The lowest BCUT2D eigenvalue weighted by atomic mass is 9.82. The molecule has 1 saturated heterocycles. The molecule has 35 heavy (non-hydrogen) atoms. The summed E-state index contributed by atoms with van der Waals surface area (Å²) in [4.78, 5) is 22.3. The Morgan fingerprint density at radius 1 is 1.09 bits per heavy atom. The first-order chi connectivity index (χ1) is 17.1. The topological polar surface area (TPSA) is 130 Å². The van der Waals surface area contributed by atoms with Gasteiger partial charge >= 0.3 is 5.69 Å². The van der Waals surface area contributed by atoms with E-state index in [-0.39, 0.29) is 12.3 Å². The molecule has 1 saturated carbocycles. The molecule has 0 atom stereocenters. The van der Waals surface area contributed by atoms with Gasteiger partial charge < -0.3 is 21.1 Å². The van der Waals surface area contributed by atoms with Crippen molar-refractivity contribution in [2.75, 3.05) is 43.0 Å². The molecule has 0 unspecified atom stereocenters. The molecule has 4 rings (SSSR count). The SMILES string of the molecule is NCC1CCN(c2cccc(CCc3ncc([N+](=O)[O-])c(NC[C@H]4CC[C@H](CO)CC4)n3)c2)CC1. The van der Waals surface area contributed by atoms with Crippen LogP contribution in [0.25, 0.3) is 0 Å². The lowest BCUT2D eigenvalue weighted by Gasteiger charge is -2.33. The summed E-state index contributed by atoms with van der Waals surface area (Å²) in [5.41, 5.74) is 8.19. The smallest absolute Gasteiger partial charge is 0.329 e. The van der Waals surface area contributed by atoms with Crippen LogP contribution in [0, 0.1) is 27.9 Å². The molecule has 0 bridgehead atoms. The zero-order valence-corrected chi connectivity index (χ0v) is 20.4. The molecular weight excluding hydrogens is 444 g/mol. The fraction of sp³-hybridized carbons (Fsp3) is 0.615. The third kappa shape index (κ3) is 6.89. The monoisotopic (exact) mass is 482 g/mol. The zero-order chi connectivity index (χ0) is 24.6. The highest BCUT2D eigenvalue weighted by Gasteiger charge is 2.23. The van der Waals surface area contributed by atoms with Crippen LogP contribution >= 0.6 is 0 Å². The van der Waals surface area contributed by atoms with E-state index in [2.05, 4.69) is 44.5 Å². The van der Waals surface area contributed by atoms with E-state index in [1.54, 1.807) is 0 Å². The number of aromatic nitrogens is 2. The van der Waals surface area contributed by atoms with E-state index in [0.717, 1.165) is 64.6 Å². The van der Waals surface area contributed by atoms with E-state index in [4.69, 9.17) is 5.73 Å². The quantitative estimate of drug-likeness (QED) is 0.346. The molecule has 2 aromatic rings. The van der Waals surface area contributed by atoms with Crippen LogP contribution in [0.15, 0.2) is 30.5 Å². The molecule has 9 nitrogen and oxygen atoms in total. The Morgan fingerprint density at radius 2 is 1.83 bits per heavy atom. The summed E-state index contributed by atoms with van der Waals surface area (Å²) >= 11 is 0. The molecule has 0 amide bonds. The first kappa shape index (κ1) is 25.3. The highest BCUT2D eigenvalue weighted by atomic mass is 16.6. The Balaban J connectivity index is 1.36. The highest BCUT2D eigenvalue weighted by molar-refractivity contribution is 5.54. The van der Waals surface area contributed by atoms with Gasteiger partial charge in [-0.3, -0.25) is 10.1 Å². The highest BCUT2D eigenvalue weighted by Crippen LogP contribution is 2.30. The van der Waals surface area contributed by atoms with Crippen molar-refractivity contribution in [1.82, 2.24) is 9.97 Å². The number of aliphatic hydroxyl groups excluding tert-OH is 1. The van der Waals surface area contributed by atoms with E-state index < -0.39 is 4.92 Å². The van der Waals surface area contributed by atoms with Crippen molar-refractivity contribution >= 4 is 17.2 Å². The normalized spacial score (nSPS) is 21.1. The first-order valence-corrected chi connectivity index (χ1v) is 12.9. The van der Waals surface area contributed by atoms with Crippen LogP contribution in [0.1, 0.15) is 49.9 Å². The van der Waals surface area contributed by atoms with Gasteiger partial charge in [0.15, 0.2) is 0 Å². The minimum Gasteiger partial charge on any atom is -0.396 e. The summed E-state index contributed by atoms with van der Waals surface area (Å²) in [6.45, 7) is 3.74. The van der Waals surface area contributed by atoms with E-state index in [1.807, 2.05) is 0 Å². The maximum atomic E-state index is 11.5. The van der Waals surface area contributed by atoms with Crippen molar-refractivity contribution in [3.63, 3.8) is 0 Å². The Labute approximate surface area is 207 Å². The average molecular weight is 483 g/mol. The second-order valence-electron chi connectivity index (χ2n) is 10.1. The van der Waals surface area contributed by atoms with Crippen molar-refractivity contribution in [2.24, 2.45) is 23.5 Å². The zero-order valence-electron chi connectivity index (χ0n) is 20.4. The molecule has 190 valence electrons. The summed E-state index contributed by atoms with van der Waals surface area (Å²) in [6, 6.07) is 8.60. The molecule has 2 aliphatic rings. The van der Waals surface area contributed by atoms with Gasteiger partial charge in [-0.15, -0.1) is 0 Å². The number of rotatable bonds is 10. The van der Waals surface area contributed by atoms with Crippen LogP contribution in [-0.4, -0.2) is 52.8 Å². The second-order valence-corrected chi connectivity index (χ2v) is 10.1. The molecule has 1 aromatic carbocycles. The maximum absolute atomic E-state index is 11.5. The number of hydrogen-bond acceptors (Lipinski definition) is 8. The predicted octanol–water partition coefficient (Wildman–Crippen LogP) is 3.56. The lowest BCUT2D eigenvalue weighted by Crippen LogP contribution is -2.36. The number of aryl methyl sites for hydroxylation is 2. The number of hydrogen-bond donors (Lipinski definition) is 3. The maximum Gasteiger partial charge on any atom is 0.329 e. The Bertz CT molecular complexity index is 971. The minimum absolute atomic E-state index is 0.0827. The van der Waals surface area contributed by atoms with Crippen molar-refractivity contribution in [3.05, 3.63) is 52.0 Å². The van der Waals surface area contributed by atoms with Gasteiger partial charge in [-0.1, -0.05) is 12.1 Å². The van der Waals surface area contributed by atoms with Gasteiger partial charge in [0.05, 0.1) is 4.92 Å². The number of aliphatic hydroxyl groups is 1. The van der Waals surface area contributed by atoms with Gasteiger partial charge in [0.25, 0.3) is 0 Å². The number of nitrogens with zero attached hydrogens (tertiary/aromatic N) is 4. The molecule has 1 aliphatic heterocycles. The van der Waals surface area contributed by atoms with Crippen LogP contribution in [0.5, 0.6) is 0 Å². The van der Waals surface area contributed by atoms with Gasteiger partial charge in [-0.25, -0.2) is 9.97 Å². The Kier molecular flexibility index (Phi) is 8.87. The molecule has 1 aliphatic carbocycles. The molecule has 2 heterocycles. The molecule has 2 fully saturated rings. The van der Waals surface area contributed by atoms with Crippen LogP contribution in [-0.2, 0) is 12.8 Å². The van der Waals surface area contributed by atoms with Crippen LogP contribution < -0.4 is 16.0 Å². The summed E-state index contributed by atoms with van der Waals surface area (Å²) in [6.07, 6.45) is 9.03. The summed E-state index contributed by atoms with van der Waals surface area (Å²) < 4.78 is 0. The largest absolute Gasteiger partial charge is 0.396 e. The van der Waals surface area contributed by atoms with Gasteiger partial charge in [0, 0.05) is 38.3 Å². The molecule has 1 aromatic heterocycles. The summed E-state index contributed by atoms with van der Waals surface area (Å²) in [7, 11) is 0. The van der Waals surface area contributed by atoms with Crippen LogP contribution in [0.3, 0.4) is 0 Å². The van der Waals surface area contributed by atoms with Gasteiger partial charge in [-0.2, -0.15) is 0 Å². The summed E-state index contributed by atoms with van der Waals surface area (Å²) in [5, 5.41) is 24.1. The van der Waals surface area contributed by atoms with Crippen LogP contribution in [0.4, 0.5) is 17.2 Å². The van der Waals surface area contributed by atoms with Crippen molar-refractivity contribution in [1.29, 1.82) is 0 Å². The lowest BCUT2D eigenvalue weighted by molar-refractivity contribution is -0.384. The third-order valence-electron chi connectivity index (χ3n) is 7.66. The van der Waals surface area contributed by atoms with E-state index in [0.29, 0.717) is 42.4 Å². The van der Waals surface area contributed by atoms with Crippen LogP contribution in [0.2, 0.25) is 0 Å². The van der Waals surface area contributed by atoms with Crippen molar-refractivity contribution in [2.45, 2.75) is 51.4 Å². The third-order valence-corrected chi connectivity index (χ3v) is 7.66. The number of benzene rings is 1. The molecule has 0 radical (unpaired) electrons.